The summed E-state index contributed by atoms with van der Waals surface area (Å²) in [6.07, 6.45) is 6.20. The van der Waals surface area contributed by atoms with E-state index in [2.05, 4.69) is 43.9 Å². The third kappa shape index (κ3) is 3.82. The first-order valence-corrected chi connectivity index (χ1v) is 7.38. The van der Waals surface area contributed by atoms with Crippen LogP contribution in [-0.4, -0.2) is 0 Å². The SMILES string of the molecule is C=C(C)/C=C\C(=C/C)c1ccc(-c2ccc(F)cc2)cc1C. The van der Waals surface area contributed by atoms with E-state index in [4.69, 9.17) is 0 Å². The van der Waals surface area contributed by atoms with Crippen molar-refractivity contribution in [2.75, 3.05) is 0 Å². The van der Waals surface area contributed by atoms with E-state index in [-0.39, 0.29) is 5.82 Å². The van der Waals surface area contributed by atoms with Gasteiger partial charge in [-0.3, -0.25) is 0 Å². The van der Waals surface area contributed by atoms with Crippen molar-refractivity contribution in [2.45, 2.75) is 20.8 Å². The lowest BCUT2D eigenvalue weighted by Crippen LogP contribution is -1.89. The minimum Gasteiger partial charge on any atom is -0.207 e. The summed E-state index contributed by atoms with van der Waals surface area (Å²) in [5.74, 6) is -0.210. The fourth-order valence-corrected chi connectivity index (χ4v) is 2.38. The molecule has 0 nitrogen and oxygen atoms in total. The van der Waals surface area contributed by atoms with E-state index >= 15 is 0 Å². The van der Waals surface area contributed by atoms with E-state index in [1.54, 1.807) is 12.1 Å². The third-order valence-corrected chi connectivity index (χ3v) is 3.57. The van der Waals surface area contributed by atoms with E-state index in [0.717, 1.165) is 16.7 Å². The molecule has 0 heterocycles. The van der Waals surface area contributed by atoms with Gasteiger partial charge in [-0.2, -0.15) is 0 Å². The summed E-state index contributed by atoms with van der Waals surface area (Å²) >= 11 is 0. The van der Waals surface area contributed by atoms with Crippen LogP contribution in [0.15, 0.2) is 72.8 Å². The van der Waals surface area contributed by atoms with E-state index in [1.807, 2.05) is 19.9 Å². The van der Waals surface area contributed by atoms with Gasteiger partial charge in [-0.25, -0.2) is 4.39 Å². The zero-order chi connectivity index (χ0) is 16.1. The molecule has 1 heteroatoms. The first-order valence-electron chi connectivity index (χ1n) is 7.38. The largest absolute Gasteiger partial charge is 0.207 e. The van der Waals surface area contributed by atoms with Crippen LogP contribution >= 0.6 is 0 Å². The van der Waals surface area contributed by atoms with Gasteiger partial charge < -0.3 is 0 Å². The van der Waals surface area contributed by atoms with Gasteiger partial charge in [0.15, 0.2) is 0 Å². The number of hydrogen-bond donors (Lipinski definition) is 0. The highest BCUT2D eigenvalue weighted by Gasteiger charge is 2.05. The molecule has 2 rings (SSSR count). The van der Waals surface area contributed by atoms with Crippen molar-refractivity contribution in [2.24, 2.45) is 0 Å². The van der Waals surface area contributed by atoms with Crippen molar-refractivity contribution < 1.29 is 4.39 Å². The second kappa shape index (κ2) is 7.04. The van der Waals surface area contributed by atoms with Gasteiger partial charge in [0.05, 0.1) is 0 Å². The molecule has 22 heavy (non-hydrogen) atoms. The monoisotopic (exact) mass is 292 g/mol. The Kier molecular flexibility index (Phi) is 5.11. The standard InChI is InChI=1S/C21H21F/c1-5-17(7-6-15(2)3)21-13-10-19(14-16(21)4)18-8-11-20(22)12-9-18/h5-14H,2H2,1,3-4H3/b7-6-,17-5+. The Labute approximate surface area is 132 Å². The predicted molar refractivity (Wildman–Crippen MR) is 94.2 cm³/mol. The van der Waals surface area contributed by atoms with E-state index in [9.17, 15) is 4.39 Å². The van der Waals surface area contributed by atoms with Crippen molar-refractivity contribution >= 4 is 5.57 Å². The maximum Gasteiger partial charge on any atom is 0.123 e. The highest BCUT2D eigenvalue weighted by Crippen LogP contribution is 2.27. The van der Waals surface area contributed by atoms with Crippen molar-refractivity contribution in [3.63, 3.8) is 0 Å². The summed E-state index contributed by atoms with van der Waals surface area (Å²) in [6, 6.07) is 12.9. The second-order valence-corrected chi connectivity index (χ2v) is 5.46. The van der Waals surface area contributed by atoms with Crippen LogP contribution in [0.5, 0.6) is 0 Å². The number of aryl methyl sites for hydroxylation is 1. The maximum atomic E-state index is 13.0. The molecule has 112 valence electrons. The molecule has 0 fully saturated rings. The minimum absolute atomic E-state index is 0.210. The summed E-state index contributed by atoms with van der Waals surface area (Å²) in [7, 11) is 0. The maximum absolute atomic E-state index is 13.0. The van der Waals surface area contributed by atoms with Crippen LogP contribution in [0.1, 0.15) is 25.0 Å². The zero-order valence-corrected chi connectivity index (χ0v) is 13.4. The molecule has 0 atom stereocenters. The van der Waals surface area contributed by atoms with Gasteiger partial charge in [-0.1, -0.05) is 60.7 Å². The third-order valence-electron chi connectivity index (χ3n) is 3.57. The van der Waals surface area contributed by atoms with Crippen LogP contribution in [0.2, 0.25) is 0 Å². The molecular formula is C21H21F. The van der Waals surface area contributed by atoms with E-state index < -0.39 is 0 Å². The topological polar surface area (TPSA) is 0 Å². The first kappa shape index (κ1) is 16.0. The Balaban J connectivity index is 2.37. The Bertz CT molecular complexity index is 731. The van der Waals surface area contributed by atoms with Crippen LogP contribution in [0.4, 0.5) is 4.39 Å². The number of halogens is 1. The summed E-state index contributed by atoms with van der Waals surface area (Å²) in [5.41, 5.74) is 6.72. The molecule has 2 aromatic carbocycles. The summed E-state index contributed by atoms with van der Waals surface area (Å²) in [5, 5.41) is 0. The lowest BCUT2D eigenvalue weighted by atomic mass is 9.95. The van der Waals surface area contributed by atoms with Crippen LogP contribution in [0.3, 0.4) is 0 Å². The average Bonchev–Trinajstić information content (AvgIpc) is 2.49. The zero-order valence-electron chi connectivity index (χ0n) is 13.4. The first-order chi connectivity index (χ1) is 10.5. The van der Waals surface area contributed by atoms with E-state index in [1.165, 1.54) is 28.8 Å². The van der Waals surface area contributed by atoms with Crippen LogP contribution in [-0.2, 0) is 0 Å². The fraction of sp³-hybridized carbons (Fsp3) is 0.143. The minimum atomic E-state index is -0.210. The van der Waals surface area contributed by atoms with Gasteiger partial charge in [0.2, 0.25) is 0 Å². The Hall–Kier alpha value is -2.41. The molecule has 0 spiro atoms. The molecule has 0 aliphatic heterocycles. The number of rotatable bonds is 4. The predicted octanol–water partition coefficient (Wildman–Crippen LogP) is 6.34. The van der Waals surface area contributed by atoms with Crippen molar-refractivity contribution in [3.8, 4) is 11.1 Å². The lowest BCUT2D eigenvalue weighted by molar-refractivity contribution is 0.628. The van der Waals surface area contributed by atoms with Crippen molar-refractivity contribution in [1.82, 2.24) is 0 Å². The fourth-order valence-electron chi connectivity index (χ4n) is 2.38. The molecule has 0 N–H and O–H groups in total. The quantitative estimate of drug-likeness (QED) is 0.577. The Morgan fingerprint density at radius 1 is 1.00 bits per heavy atom. The summed E-state index contributed by atoms with van der Waals surface area (Å²) < 4.78 is 13.0. The molecule has 0 aliphatic rings. The highest BCUT2D eigenvalue weighted by atomic mass is 19.1. The van der Waals surface area contributed by atoms with Gasteiger partial charge in [-0.15, -0.1) is 0 Å². The van der Waals surface area contributed by atoms with Gasteiger partial charge in [0, 0.05) is 0 Å². The highest BCUT2D eigenvalue weighted by molar-refractivity contribution is 5.78. The molecule has 0 unspecified atom stereocenters. The van der Waals surface area contributed by atoms with Gasteiger partial charge in [-0.05, 0) is 60.7 Å². The molecular weight excluding hydrogens is 271 g/mol. The van der Waals surface area contributed by atoms with Gasteiger partial charge >= 0.3 is 0 Å². The van der Waals surface area contributed by atoms with Gasteiger partial charge in [0.25, 0.3) is 0 Å². The molecule has 2 aromatic rings. The average molecular weight is 292 g/mol. The molecule has 0 radical (unpaired) electrons. The lowest BCUT2D eigenvalue weighted by Gasteiger charge is -2.10. The van der Waals surface area contributed by atoms with Crippen molar-refractivity contribution in [3.05, 3.63) is 89.8 Å². The van der Waals surface area contributed by atoms with Gasteiger partial charge in [0.1, 0.15) is 5.82 Å². The molecule has 0 aromatic heterocycles. The summed E-state index contributed by atoms with van der Waals surface area (Å²) in [4.78, 5) is 0. The molecule has 0 amide bonds. The Morgan fingerprint density at radius 2 is 1.64 bits per heavy atom. The van der Waals surface area contributed by atoms with Crippen LogP contribution < -0.4 is 0 Å². The molecule has 0 aliphatic carbocycles. The van der Waals surface area contributed by atoms with Crippen LogP contribution in [0.25, 0.3) is 16.7 Å². The number of hydrogen-bond acceptors (Lipinski definition) is 0. The molecule has 0 saturated heterocycles. The summed E-state index contributed by atoms with van der Waals surface area (Å²) in [6.45, 7) is 10.0. The van der Waals surface area contributed by atoms with E-state index in [0.29, 0.717) is 0 Å². The normalized spacial score (nSPS) is 11.9. The smallest absolute Gasteiger partial charge is 0.123 e. The van der Waals surface area contributed by atoms with Crippen LogP contribution in [0, 0.1) is 12.7 Å². The van der Waals surface area contributed by atoms with Crippen molar-refractivity contribution in [1.29, 1.82) is 0 Å². The second-order valence-electron chi connectivity index (χ2n) is 5.46. The number of allylic oxidation sites excluding steroid dienone is 5. The molecule has 0 bridgehead atoms. The molecule has 0 saturated carbocycles. The Morgan fingerprint density at radius 3 is 2.18 bits per heavy atom. The number of benzene rings is 2.